The minimum absolute atomic E-state index is 0.0566. The van der Waals surface area contributed by atoms with Crippen LogP contribution in [0.5, 0.6) is 5.75 Å². The van der Waals surface area contributed by atoms with E-state index in [0.717, 1.165) is 5.56 Å². The standard InChI is InChI=1S/C40H29Cl2F3N4O5/c1-2-20-7-13-24(14-8-20)48-35(51)27-16-15-25-28(32(27)37(48)53)18-29-36(52)49(47-34-30(42)17-22(19-46-34)40(43,44)45)38(54)39(29,21-9-11-23(41)12-10-21)33(25)26-5-3-4-6-31(26)50/h2-15,17,19,27-29,32-33,50H,1,16,18H2,(H,46,47). The summed E-state index contributed by atoms with van der Waals surface area (Å²) in [5, 5.41) is 12.0. The molecule has 3 aromatic carbocycles. The molecule has 274 valence electrons. The summed E-state index contributed by atoms with van der Waals surface area (Å²) in [7, 11) is 0. The number of aromatic hydroxyl groups is 1. The SMILES string of the molecule is C=Cc1ccc(N2C(=O)C3CC=C4C(CC5C(=O)N(Nc6ncc(C(F)(F)F)cc6Cl)C(=O)C5(c5ccc(Cl)cc5)C4c4ccccc4O)C3C2=O)cc1. The Morgan fingerprint density at radius 3 is 2.28 bits per heavy atom. The number of para-hydroxylation sites is 1. The molecule has 1 saturated carbocycles. The Morgan fingerprint density at radius 1 is 0.926 bits per heavy atom. The summed E-state index contributed by atoms with van der Waals surface area (Å²) >= 11 is 12.5. The molecular weight excluding hydrogens is 744 g/mol. The van der Waals surface area contributed by atoms with Crippen LogP contribution in [0.4, 0.5) is 24.7 Å². The molecule has 54 heavy (non-hydrogen) atoms. The van der Waals surface area contributed by atoms with Crippen molar-refractivity contribution >= 4 is 64.4 Å². The van der Waals surface area contributed by atoms with Gasteiger partial charge in [0.2, 0.25) is 11.8 Å². The fraction of sp³-hybridized carbons (Fsp3) is 0.225. The first-order valence-corrected chi connectivity index (χ1v) is 17.7. The number of phenols is 1. The van der Waals surface area contributed by atoms with Crippen molar-refractivity contribution in [2.24, 2.45) is 23.7 Å². The molecule has 4 aromatic rings. The number of nitrogens with zero attached hydrogens (tertiary/aromatic N) is 3. The number of hydrogen-bond donors (Lipinski definition) is 2. The molecule has 3 fully saturated rings. The molecule has 0 radical (unpaired) electrons. The molecule has 9 nitrogen and oxygen atoms in total. The van der Waals surface area contributed by atoms with Crippen LogP contribution in [0.2, 0.25) is 10.0 Å². The first-order chi connectivity index (χ1) is 25.8. The maximum Gasteiger partial charge on any atom is 0.417 e. The molecule has 1 aromatic heterocycles. The third-order valence-corrected chi connectivity index (χ3v) is 11.7. The first kappa shape index (κ1) is 35.6. The van der Waals surface area contributed by atoms with Crippen molar-refractivity contribution in [2.45, 2.75) is 30.4 Å². The molecule has 6 atom stereocenters. The van der Waals surface area contributed by atoms with Crippen LogP contribution >= 0.6 is 23.2 Å². The molecule has 2 saturated heterocycles. The minimum atomic E-state index is -4.75. The van der Waals surface area contributed by atoms with Gasteiger partial charge in [0, 0.05) is 22.7 Å². The summed E-state index contributed by atoms with van der Waals surface area (Å²) in [5.74, 6) is -7.56. The number of hydrazine groups is 1. The molecule has 2 N–H and O–H groups in total. The zero-order chi connectivity index (χ0) is 38.3. The van der Waals surface area contributed by atoms with Gasteiger partial charge in [-0.3, -0.25) is 29.5 Å². The second kappa shape index (κ2) is 12.8. The highest BCUT2D eigenvalue weighted by atomic mass is 35.5. The molecule has 0 spiro atoms. The number of imide groups is 2. The average Bonchev–Trinajstić information content (AvgIpc) is 3.53. The molecule has 2 aliphatic heterocycles. The molecular formula is C40H29Cl2F3N4O5. The molecule has 0 bridgehead atoms. The molecule has 4 aliphatic rings. The van der Waals surface area contributed by atoms with Crippen LogP contribution in [-0.4, -0.2) is 38.7 Å². The Bertz CT molecular complexity index is 2300. The maximum absolute atomic E-state index is 15.2. The molecule has 2 aliphatic carbocycles. The molecule has 3 heterocycles. The second-order valence-electron chi connectivity index (χ2n) is 13.8. The van der Waals surface area contributed by atoms with E-state index in [1.807, 2.05) is 6.08 Å². The van der Waals surface area contributed by atoms with Crippen LogP contribution in [-0.2, 0) is 30.8 Å². The Hall–Kier alpha value is -5.46. The van der Waals surface area contributed by atoms with Crippen LogP contribution in [0.3, 0.4) is 0 Å². The van der Waals surface area contributed by atoms with Crippen molar-refractivity contribution in [2.75, 3.05) is 10.3 Å². The lowest BCUT2D eigenvalue weighted by Gasteiger charge is -2.50. The van der Waals surface area contributed by atoms with Gasteiger partial charge in [-0.15, -0.1) is 0 Å². The Balaban J connectivity index is 1.29. The number of benzene rings is 3. The van der Waals surface area contributed by atoms with E-state index >= 15 is 4.79 Å². The van der Waals surface area contributed by atoms with Gasteiger partial charge < -0.3 is 5.11 Å². The number of anilines is 2. The van der Waals surface area contributed by atoms with Crippen molar-refractivity contribution < 1.29 is 37.5 Å². The highest BCUT2D eigenvalue weighted by Crippen LogP contribution is 2.65. The molecule has 14 heteroatoms. The van der Waals surface area contributed by atoms with Gasteiger partial charge in [-0.25, -0.2) is 4.98 Å². The van der Waals surface area contributed by atoms with E-state index in [4.69, 9.17) is 23.2 Å². The number of alkyl halides is 3. The molecule has 6 unspecified atom stereocenters. The van der Waals surface area contributed by atoms with Crippen LogP contribution in [0.25, 0.3) is 6.08 Å². The predicted molar refractivity (Wildman–Crippen MR) is 194 cm³/mol. The molecule has 4 amide bonds. The number of rotatable bonds is 6. The summed E-state index contributed by atoms with van der Waals surface area (Å²) in [6, 6.07) is 20.2. The summed E-state index contributed by atoms with van der Waals surface area (Å²) in [6.45, 7) is 3.76. The third kappa shape index (κ3) is 5.25. The summed E-state index contributed by atoms with van der Waals surface area (Å²) < 4.78 is 40.4. The van der Waals surface area contributed by atoms with E-state index in [9.17, 15) is 32.7 Å². The van der Waals surface area contributed by atoms with Crippen molar-refractivity contribution in [3.05, 3.63) is 136 Å². The topological polar surface area (TPSA) is 120 Å². The number of nitrogens with one attached hydrogen (secondary N) is 1. The predicted octanol–water partition coefficient (Wildman–Crippen LogP) is 7.95. The van der Waals surface area contributed by atoms with Gasteiger partial charge in [0.15, 0.2) is 5.82 Å². The highest BCUT2D eigenvalue weighted by molar-refractivity contribution is 6.33. The first-order valence-electron chi connectivity index (χ1n) is 17.0. The van der Waals surface area contributed by atoms with Gasteiger partial charge in [-0.1, -0.05) is 90.0 Å². The second-order valence-corrected chi connectivity index (χ2v) is 14.6. The average molecular weight is 774 g/mol. The Kier molecular flexibility index (Phi) is 8.46. The number of halogens is 5. The van der Waals surface area contributed by atoms with E-state index in [1.54, 1.807) is 72.8 Å². The number of carbonyl (C=O) groups is 4. The van der Waals surface area contributed by atoms with E-state index < -0.39 is 69.5 Å². The van der Waals surface area contributed by atoms with Crippen molar-refractivity contribution in [3.8, 4) is 5.75 Å². The van der Waals surface area contributed by atoms with Crippen LogP contribution in [0.1, 0.15) is 41.0 Å². The van der Waals surface area contributed by atoms with Gasteiger partial charge in [-0.2, -0.15) is 18.2 Å². The number of amides is 4. The smallest absolute Gasteiger partial charge is 0.417 e. The lowest BCUT2D eigenvalue weighted by Crippen LogP contribution is -2.53. The van der Waals surface area contributed by atoms with E-state index in [0.29, 0.717) is 44.7 Å². The number of pyridine rings is 1. The monoisotopic (exact) mass is 772 g/mol. The largest absolute Gasteiger partial charge is 0.508 e. The van der Waals surface area contributed by atoms with Crippen molar-refractivity contribution in [1.82, 2.24) is 9.99 Å². The van der Waals surface area contributed by atoms with E-state index in [-0.39, 0.29) is 30.3 Å². The molecule has 8 rings (SSSR count). The number of fused-ring (bicyclic) bond motifs is 4. The van der Waals surface area contributed by atoms with Gasteiger partial charge >= 0.3 is 6.18 Å². The van der Waals surface area contributed by atoms with Crippen molar-refractivity contribution in [1.29, 1.82) is 0 Å². The maximum atomic E-state index is 15.2. The Labute approximate surface area is 316 Å². The zero-order valence-corrected chi connectivity index (χ0v) is 29.6. The van der Waals surface area contributed by atoms with Gasteiger partial charge in [0.1, 0.15) is 5.75 Å². The number of aromatic nitrogens is 1. The third-order valence-electron chi connectivity index (χ3n) is 11.2. The van der Waals surface area contributed by atoms with E-state index in [2.05, 4.69) is 17.0 Å². The minimum Gasteiger partial charge on any atom is -0.508 e. The Morgan fingerprint density at radius 2 is 1.63 bits per heavy atom. The summed E-state index contributed by atoms with van der Waals surface area (Å²) in [5.41, 5.74) is 2.15. The normalized spacial score (nSPS) is 26.3. The van der Waals surface area contributed by atoms with Crippen LogP contribution in [0, 0.1) is 23.7 Å². The summed E-state index contributed by atoms with van der Waals surface area (Å²) in [6.07, 6.45) is -0.638. The number of phenolic OH excluding ortho intramolecular Hbond substituents is 1. The highest BCUT2D eigenvalue weighted by Gasteiger charge is 2.70. The van der Waals surface area contributed by atoms with Gasteiger partial charge in [0.25, 0.3) is 11.8 Å². The fourth-order valence-corrected chi connectivity index (χ4v) is 9.21. The quantitative estimate of drug-likeness (QED) is 0.151. The lowest BCUT2D eigenvalue weighted by molar-refractivity contribution is -0.139. The van der Waals surface area contributed by atoms with Crippen LogP contribution in [0.15, 0.2) is 103 Å². The number of hydrogen-bond acceptors (Lipinski definition) is 7. The van der Waals surface area contributed by atoms with Gasteiger partial charge in [-0.05, 0) is 66.3 Å². The summed E-state index contributed by atoms with van der Waals surface area (Å²) in [4.78, 5) is 63.4. The zero-order valence-electron chi connectivity index (χ0n) is 28.1. The number of allylic oxidation sites excluding steroid dienone is 2. The van der Waals surface area contributed by atoms with Gasteiger partial charge in [0.05, 0.1) is 39.4 Å². The number of carbonyl (C=O) groups excluding carboxylic acids is 4. The van der Waals surface area contributed by atoms with Crippen molar-refractivity contribution in [3.63, 3.8) is 0 Å². The van der Waals surface area contributed by atoms with Crippen LogP contribution < -0.4 is 10.3 Å². The van der Waals surface area contributed by atoms with E-state index in [1.165, 1.54) is 11.0 Å². The lowest BCUT2D eigenvalue weighted by atomic mass is 9.49. The fourth-order valence-electron chi connectivity index (χ4n) is 8.87.